The van der Waals surface area contributed by atoms with Gasteiger partial charge in [-0.15, -0.1) is 10.2 Å². The Hall–Kier alpha value is -2.74. The lowest BCUT2D eigenvalue weighted by molar-refractivity contribution is 0.0902. The van der Waals surface area contributed by atoms with Crippen LogP contribution in [-0.2, 0) is 20.7 Å². The predicted octanol–water partition coefficient (Wildman–Crippen LogP) is 1.18. The number of amides is 1. The van der Waals surface area contributed by atoms with Crippen LogP contribution in [0.2, 0.25) is 0 Å². The predicted molar refractivity (Wildman–Crippen MR) is 95.6 cm³/mol. The van der Waals surface area contributed by atoms with Gasteiger partial charge in [0.05, 0.1) is 5.52 Å². The van der Waals surface area contributed by atoms with Crippen LogP contribution in [0, 0.1) is 6.92 Å². The molecule has 1 aliphatic carbocycles. The first-order chi connectivity index (χ1) is 12.5. The van der Waals surface area contributed by atoms with Crippen molar-refractivity contribution in [2.75, 3.05) is 0 Å². The highest BCUT2D eigenvalue weighted by molar-refractivity contribution is 6.05. The molecule has 2 aromatic heterocycles. The third-order valence-corrected chi connectivity index (χ3v) is 5.20. The van der Waals surface area contributed by atoms with E-state index in [2.05, 4.69) is 20.6 Å². The number of carbonyl (C=O) groups is 1. The monoisotopic (exact) mass is 354 g/mol. The molecular weight excluding hydrogens is 332 g/mol. The van der Waals surface area contributed by atoms with Crippen molar-refractivity contribution in [1.29, 1.82) is 0 Å². The molecule has 0 unspecified atom stereocenters. The molecule has 0 bridgehead atoms. The van der Waals surface area contributed by atoms with Crippen LogP contribution in [0.3, 0.4) is 0 Å². The standard InChI is InChI=1S/C18H22N6O2/c1-10-4-5-14-13(6-10)16(22-24(14)3)18(26)19-12-7-11(8-12)17-21-20-15(9-25)23(17)2/h4-6,11-12,25H,7-9H2,1-3H3,(H,19,26). The Bertz CT molecular complexity index is 983. The van der Waals surface area contributed by atoms with Crippen LogP contribution in [-0.4, -0.2) is 41.6 Å². The summed E-state index contributed by atoms with van der Waals surface area (Å²) in [7, 11) is 3.70. The van der Waals surface area contributed by atoms with Gasteiger partial charge in [0.25, 0.3) is 5.91 Å². The first kappa shape index (κ1) is 16.7. The Labute approximate surface area is 150 Å². The number of aliphatic hydroxyl groups excluding tert-OH is 1. The zero-order valence-electron chi connectivity index (χ0n) is 15.1. The Kier molecular flexibility index (Phi) is 3.99. The summed E-state index contributed by atoms with van der Waals surface area (Å²) >= 11 is 0. The molecule has 0 radical (unpaired) electrons. The summed E-state index contributed by atoms with van der Waals surface area (Å²) < 4.78 is 3.57. The van der Waals surface area contributed by atoms with Crippen LogP contribution in [0.15, 0.2) is 18.2 Å². The van der Waals surface area contributed by atoms with Crippen LogP contribution in [0.4, 0.5) is 0 Å². The average Bonchev–Trinajstić information content (AvgIpc) is 3.10. The molecule has 136 valence electrons. The van der Waals surface area contributed by atoms with E-state index in [0.717, 1.165) is 35.1 Å². The second-order valence-corrected chi connectivity index (χ2v) is 7.02. The molecule has 1 amide bonds. The fourth-order valence-corrected chi connectivity index (χ4v) is 3.62. The number of rotatable bonds is 4. The number of aliphatic hydroxyl groups is 1. The van der Waals surface area contributed by atoms with E-state index in [1.54, 1.807) is 4.68 Å². The number of nitrogens with zero attached hydrogens (tertiary/aromatic N) is 5. The molecule has 0 saturated heterocycles. The van der Waals surface area contributed by atoms with Crippen LogP contribution in [0.1, 0.15) is 46.5 Å². The SMILES string of the molecule is Cc1ccc2c(c1)c(C(=O)NC1CC(c3nnc(CO)n3C)C1)nn2C. The molecule has 0 aliphatic heterocycles. The Morgan fingerprint density at radius 1 is 1.31 bits per heavy atom. The lowest BCUT2D eigenvalue weighted by atomic mass is 9.79. The third-order valence-electron chi connectivity index (χ3n) is 5.20. The van der Waals surface area contributed by atoms with Gasteiger partial charge in [-0.2, -0.15) is 5.10 Å². The van der Waals surface area contributed by atoms with Gasteiger partial charge in [-0.3, -0.25) is 9.48 Å². The fourth-order valence-electron chi connectivity index (χ4n) is 3.62. The van der Waals surface area contributed by atoms with Gasteiger partial charge in [0.15, 0.2) is 11.5 Å². The first-order valence-corrected chi connectivity index (χ1v) is 8.71. The van der Waals surface area contributed by atoms with Crippen LogP contribution < -0.4 is 5.32 Å². The topological polar surface area (TPSA) is 97.9 Å². The van der Waals surface area contributed by atoms with E-state index < -0.39 is 0 Å². The molecule has 2 N–H and O–H groups in total. The van der Waals surface area contributed by atoms with Crippen LogP contribution >= 0.6 is 0 Å². The van der Waals surface area contributed by atoms with E-state index in [4.69, 9.17) is 0 Å². The van der Waals surface area contributed by atoms with Gasteiger partial charge >= 0.3 is 0 Å². The lowest BCUT2D eigenvalue weighted by Gasteiger charge is -2.34. The van der Waals surface area contributed by atoms with Crippen molar-refractivity contribution in [2.24, 2.45) is 14.1 Å². The van der Waals surface area contributed by atoms with Crippen molar-refractivity contribution in [3.63, 3.8) is 0 Å². The molecule has 1 aromatic carbocycles. The highest BCUT2D eigenvalue weighted by Crippen LogP contribution is 2.36. The van der Waals surface area contributed by atoms with Crippen molar-refractivity contribution < 1.29 is 9.90 Å². The van der Waals surface area contributed by atoms with Crippen molar-refractivity contribution in [1.82, 2.24) is 29.9 Å². The van der Waals surface area contributed by atoms with Crippen molar-refractivity contribution in [3.8, 4) is 0 Å². The molecule has 1 aliphatic rings. The normalized spacial score (nSPS) is 19.5. The van der Waals surface area contributed by atoms with Gasteiger partial charge in [0.2, 0.25) is 0 Å². The van der Waals surface area contributed by atoms with E-state index in [1.165, 1.54) is 0 Å². The van der Waals surface area contributed by atoms with Gasteiger partial charge in [-0.1, -0.05) is 11.6 Å². The Morgan fingerprint density at radius 3 is 2.77 bits per heavy atom. The smallest absolute Gasteiger partial charge is 0.272 e. The second kappa shape index (κ2) is 6.21. The average molecular weight is 354 g/mol. The van der Waals surface area contributed by atoms with Crippen molar-refractivity contribution in [2.45, 2.75) is 38.3 Å². The molecule has 3 aromatic rings. The maximum Gasteiger partial charge on any atom is 0.272 e. The molecule has 1 saturated carbocycles. The van der Waals surface area contributed by atoms with Crippen LogP contribution in [0.5, 0.6) is 0 Å². The van der Waals surface area contributed by atoms with Gasteiger partial charge in [0, 0.05) is 31.4 Å². The zero-order chi connectivity index (χ0) is 18.4. The van der Waals surface area contributed by atoms with Gasteiger partial charge in [0.1, 0.15) is 12.4 Å². The van der Waals surface area contributed by atoms with Gasteiger partial charge in [-0.25, -0.2) is 0 Å². The van der Waals surface area contributed by atoms with E-state index in [-0.39, 0.29) is 24.5 Å². The summed E-state index contributed by atoms with van der Waals surface area (Å²) in [5.41, 5.74) is 2.52. The zero-order valence-corrected chi connectivity index (χ0v) is 15.1. The molecule has 1 fully saturated rings. The molecule has 2 heterocycles. The highest BCUT2D eigenvalue weighted by atomic mass is 16.3. The number of fused-ring (bicyclic) bond motifs is 1. The first-order valence-electron chi connectivity index (χ1n) is 8.71. The number of hydrogen-bond donors (Lipinski definition) is 2. The second-order valence-electron chi connectivity index (χ2n) is 7.02. The van der Waals surface area contributed by atoms with Crippen molar-refractivity contribution >= 4 is 16.8 Å². The maximum absolute atomic E-state index is 12.7. The van der Waals surface area contributed by atoms with E-state index in [0.29, 0.717) is 11.5 Å². The summed E-state index contributed by atoms with van der Waals surface area (Å²) in [6.45, 7) is 1.88. The molecule has 26 heavy (non-hydrogen) atoms. The minimum atomic E-state index is -0.140. The third kappa shape index (κ3) is 2.66. The summed E-state index contributed by atoms with van der Waals surface area (Å²) in [5.74, 6) is 1.53. The minimum Gasteiger partial charge on any atom is -0.388 e. The lowest BCUT2D eigenvalue weighted by Crippen LogP contribution is -2.44. The summed E-state index contributed by atoms with van der Waals surface area (Å²) in [5, 5.41) is 25.7. The largest absolute Gasteiger partial charge is 0.388 e. The molecule has 8 heteroatoms. The molecular formula is C18H22N6O2. The molecule has 4 rings (SSSR count). The van der Waals surface area contributed by atoms with Gasteiger partial charge in [-0.05, 0) is 31.9 Å². The maximum atomic E-state index is 12.7. The highest BCUT2D eigenvalue weighted by Gasteiger charge is 2.35. The fraction of sp³-hybridized carbons (Fsp3) is 0.444. The number of nitrogens with one attached hydrogen (secondary N) is 1. The Morgan fingerprint density at radius 2 is 2.08 bits per heavy atom. The molecule has 0 atom stereocenters. The number of aromatic nitrogens is 5. The van der Waals surface area contributed by atoms with E-state index >= 15 is 0 Å². The molecule has 0 spiro atoms. The minimum absolute atomic E-state index is 0.101. The van der Waals surface area contributed by atoms with E-state index in [1.807, 2.05) is 43.8 Å². The summed E-state index contributed by atoms with van der Waals surface area (Å²) in [4.78, 5) is 12.7. The van der Waals surface area contributed by atoms with E-state index in [9.17, 15) is 9.90 Å². The Balaban J connectivity index is 1.46. The summed E-state index contributed by atoms with van der Waals surface area (Å²) in [6.07, 6.45) is 1.62. The van der Waals surface area contributed by atoms with Crippen molar-refractivity contribution in [3.05, 3.63) is 41.1 Å². The number of carbonyl (C=O) groups excluding carboxylic acids is 1. The van der Waals surface area contributed by atoms with Gasteiger partial charge < -0.3 is 15.0 Å². The number of hydrogen-bond acceptors (Lipinski definition) is 5. The number of aryl methyl sites for hydroxylation is 2. The van der Waals surface area contributed by atoms with Crippen LogP contribution in [0.25, 0.3) is 10.9 Å². The summed E-state index contributed by atoms with van der Waals surface area (Å²) in [6, 6.07) is 6.10. The quantitative estimate of drug-likeness (QED) is 0.733. The number of benzene rings is 1. The molecule has 8 nitrogen and oxygen atoms in total.